The second-order valence-electron chi connectivity index (χ2n) is 7.89. The normalized spacial score (nSPS) is 18.8. The lowest BCUT2D eigenvalue weighted by atomic mass is 9.99. The van der Waals surface area contributed by atoms with Crippen molar-refractivity contribution in [1.29, 1.82) is 0 Å². The maximum atomic E-state index is 12.8. The number of nitrogens with one attached hydrogen (secondary N) is 2. The zero-order valence-electron chi connectivity index (χ0n) is 16.4. The molecule has 7 heteroatoms. The van der Waals surface area contributed by atoms with Crippen LogP contribution in [0.1, 0.15) is 56.9 Å². The maximum Gasteiger partial charge on any atom is 0.341 e. The fourth-order valence-electron chi connectivity index (χ4n) is 4.44. The summed E-state index contributed by atoms with van der Waals surface area (Å²) in [4.78, 5) is 26.9. The lowest BCUT2D eigenvalue weighted by Crippen LogP contribution is -2.36. The largest absolute Gasteiger partial charge is 0.477 e. The molecule has 1 saturated carbocycles. The summed E-state index contributed by atoms with van der Waals surface area (Å²) >= 11 is 1.81. The van der Waals surface area contributed by atoms with Crippen LogP contribution in [0.4, 0.5) is 0 Å². The number of hydrogen-bond acceptors (Lipinski definition) is 5. The van der Waals surface area contributed by atoms with E-state index in [4.69, 9.17) is 0 Å². The minimum absolute atomic E-state index is 0.147. The smallest absolute Gasteiger partial charge is 0.341 e. The molecule has 2 aliphatic rings. The lowest BCUT2D eigenvalue weighted by molar-refractivity contribution is 0.0694. The molecule has 0 amide bonds. The van der Waals surface area contributed by atoms with Crippen molar-refractivity contribution in [3.63, 3.8) is 0 Å². The molecule has 3 N–H and O–H groups in total. The third-order valence-corrected chi connectivity index (χ3v) is 7.31. The van der Waals surface area contributed by atoms with Crippen molar-refractivity contribution in [1.82, 2.24) is 15.0 Å². The average Bonchev–Trinajstić information content (AvgIpc) is 3.46. The van der Waals surface area contributed by atoms with E-state index in [0.29, 0.717) is 5.92 Å². The Labute approximate surface area is 172 Å². The van der Waals surface area contributed by atoms with Crippen LogP contribution in [0.3, 0.4) is 0 Å². The van der Waals surface area contributed by atoms with E-state index in [1.807, 2.05) is 31.4 Å². The van der Waals surface area contributed by atoms with Crippen LogP contribution in [0.2, 0.25) is 0 Å². The van der Waals surface area contributed by atoms with Crippen molar-refractivity contribution in [3.8, 4) is 10.4 Å². The van der Waals surface area contributed by atoms with Crippen LogP contribution >= 0.6 is 11.3 Å². The Bertz CT molecular complexity index is 1210. The second-order valence-corrected chi connectivity index (χ2v) is 9.02. The van der Waals surface area contributed by atoms with Crippen LogP contribution in [0.25, 0.3) is 16.0 Å². The summed E-state index contributed by atoms with van der Waals surface area (Å²) in [7, 11) is 1.96. The molecule has 150 valence electrons. The summed E-state index contributed by atoms with van der Waals surface area (Å²) in [6.07, 6.45) is 5.00. The standard InChI is InChI=1S/C22H23N3O3S/c1-11-13(18-10-15-17(29-18)5-7-24-20(15)23-2)6-8-25-19(11)14(12-3-4-12)9-16(21(25)26)22(27)28/h6,8-10,12,20,23-24H,3-5,7H2,1-2H3,(H,27,28). The van der Waals surface area contributed by atoms with Gasteiger partial charge in [0.1, 0.15) is 5.56 Å². The van der Waals surface area contributed by atoms with Crippen LogP contribution in [0.15, 0.2) is 29.2 Å². The number of carboxylic acids is 1. The quantitative estimate of drug-likeness (QED) is 0.616. The number of aromatic carboxylic acids is 1. The minimum atomic E-state index is -1.16. The molecule has 5 rings (SSSR count). The Kier molecular flexibility index (Phi) is 4.34. The van der Waals surface area contributed by atoms with E-state index in [1.165, 1.54) is 19.7 Å². The van der Waals surface area contributed by atoms with Crippen molar-refractivity contribution in [3.05, 3.63) is 61.9 Å². The first-order chi connectivity index (χ1) is 14.0. The summed E-state index contributed by atoms with van der Waals surface area (Å²) < 4.78 is 1.53. The summed E-state index contributed by atoms with van der Waals surface area (Å²) in [5, 5.41) is 16.3. The van der Waals surface area contributed by atoms with Crippen molar-refractivity contribution in [2.24, 2.45) is 0 Å². The topological polar surface area (TPSA) is 82.8 Å². The highest BCUT2D eigenvalue weighted by Crippen LogP contribution is 2.44. The molecule has 0 radical (unpaired) electrons. The van der Waals surface area contributed by atoms with Gasteiger partial charge in [0.2, 0.25) is 0 Å². The molecule has 3 aromatic rings. The number of pyridine rings is 2. The van der Waals surface area contributed by atoms with E-state index in [-0.39, 0.29) is 11.7 Å². The number of aromatic nitrogens is 1. The first kappa shape index (κ1) is 18.5. The highest BCUT2D eigenvalue weighted by atomic mass is 32.1. The lowest BCUT2D eigenvalue weighted by Gasteiger charge is -2.23. The molecule has 1 aliphatic heterocycles. The van der Waals surface area contributed by atoms with Gasteiger partial charge in [0.05, 0.1) is 11.7 Å². The third kappa shape index (κ3) is 2.92. The minimum Gasteiger partial charge on any atom is -0.477 e. The number of thiophene rings is 1. The van der Waals surface area contributed by atoms with Crippen LogP contribution < -0.4 is 16.2 Å². The van der Waals surface area contributed by atoms with Gasteiger partial charge in [-0.15, -0.1) is 11.3 Å². The molecule has 1 fully saturated rings. The Morgan fingerprint density at radius 3 is 2.79 bits per heavy atom. The monoisotopic (exact) mass is 409 g/mol. The van der Waals surface area contributed by atoms with Crippen LogP contribution in [0.5, 0.6) is 0 Å². The number of hydrogen-bond donors (Lipinski definition) is 3. The summed E-state index contributed by atoms with van der Waals surface area (Å²) in [6, 6.07) is 5.80. The SMILES string of the molecule is CNC1NCCc2sc(-c3ccn4c(=O)c(C(=O)O)cc(C5CC5)c4c3C)cc21. The average molecular weight is 410 g/mol. The molecular formula is C22H23N3O3S. The number of carbonyl (C=O) groups is 1. The Morgan fingerprint density at radius 2 is 2.10 bits per heavy atom. The summed E-state index contributed by atoms with van der Waals surface area (Å²) in [5.41, 5.74) is 4.69. The van der Waals surface area contributed by atoms with E-state index < -0.39 is 11.5 Å². The number of aryl methyl sites for hydroxylation is 1. The van der Waals surface area contributed by atoms with Crippen molar-refractivity contribution >= 4 is 22.8 Å². The van der Waals surface area contributed by atoms with E-state index in [0.717, 1.165) is 48.0 Å². The van der Waals surface area contributed by atoms with E-state index in [2.05, 4.69) is 16.7 Å². The molecule has 0 bridgehead atoms. The number of nitrogens with zero attached hydrogens (tertiary/aromatic N) is 1. The molecule has 29 heavy (non-hydrogen) atoms. The molecule has 1 atom stereocenters. The zero-order chi connectivity index (χ0) is 20.3. The van der Waals surface area contributed by atoms with Gasteiger partial charge in [-0.2, -0.15) is 0 Å². The van der Waals surface area contributed by atoms with Gasteiger partial charge in [0.25, 0.3) is 5.56 Å². The van der Waals surface area contributed by atoms with Crippen LogP contribution in [-0.4, -0.2) is 29.1 Å². The van der Waals surface area contributed by atoms with Gasteiger partial charge >= 0.3 is 5.97 Å². The van der Waals surface area contributed by atoms with Gasteiger partial charge < -0.3 is 10.4 Å². The van der Waals surface area contributed by atoms with E-state index in [9.17, 15) is 14.7 Å². The fraction of sp³-hybridized carbons (Fsp3) is 0.364. The first-order valence-corrected chi connectivity index (χ1v) is 10.8. The molecule has 0 aromatic carbocycles. The van der Waals surface area contributed by atoms with Gasteiger partial charge in [-0.25, -0.2) is 4.79 Å². The Balaban J connectivity index is 1.73. The van der Waals surface area contributed by atoms with E-state index >= 15 is 0 Å². The molecule has 4 heterocycles. The van der Waals surface area contributed by atoms with Crippen molar-refractivity contribution < 1.29 is 9.90 Å². The van der Waals surface area contributed by atoms with Gasteiger partial charge in [0, 0.05) is 22.5 Å². The first-order valence-electron chi connectivity index (χ1n) is 9.95. The van der Waals surface area contributed by atoms with Crippen LogP contribution in [0, 0.1) is 6.92 Å². The third-order valence-electron chi connectivity index (χ3n) is 6.07. The molecule has 0 saturated heterocycles. The van der Waals surface area contributed by atoms with Crippen LogP contribution in [-0.2, 0) is 6.42 Å². The number of rotatable bonds is 4. The summed E-state index contributed by atoms with van der Waals surface area (Å²) in [6.45, 7) is 3.00. The maximum absolute atomic E-state index is 12.8. The number of fused-ring (bicyclic) bond motifs is 2. The molecule has 6 nitrogen and oxygen atoms in total. The highest BCUT2D eigenvalue weighted by Gasteiger charge is 2.30. The molecule has 1 aliphatic carbocycles. The molecule has 0 spiro atoms. The van der Waals surface area contributed by atoms with E-state index in [1.54, 1.807) is 12.3 Å². The van der Waals surface area contributed by atoms with Gasteiger partial charge in [-0.1, -0.05) is 0 Å². The number of carboxylic acid groups (broad SMARTS) is 1. The fourth-order valence-corrected chi connectivity index (χ4v) is 5.72. The highest BCUT2D eigenvalue weighted by molar-refractivity contribution is 7.15. The van der Waals surface area contributed by atoms with Gasteiger partial charge in [-0.05, 0) is 79.6 Å². The predicted molar refractivity (Wildman–Crippen MR) is 114 cm³/mol. The zero-order valence-corrected chi connectivity index (χ0v) is 17.2. The molecule has 1 unspecified atom stereocenters. The summed E-state index contributed by atoms with van der Waals surface area (Å²) in [5.74, 6) is -0.823. The van der Waals surface area contributed by atoms with Gasteiger partial charge in [0.15, 0.2) is 0 Å². The Hall–Kier alpha value is -2.48. The van der Waals surface area contributed by atoms with Gasteiger partial charge in [-0.3, -0.25) is 14.5 Å². The molecular weight excluding hydrogens is 386 g/mol. The van der Waals surface area contributed by atoms with Crippen molar-refractivity contribution in [2.45, 2.75) is 38.3 Å². The van der Waals surface area contributed by atoms with Crippen molar-refractivity contribution in [2.75, 3.05) is 13.6 Å². The molecule has 3 aromatic heterocycles. The second kappa shape index (κ2) is 6.79. The Morgan fingerprint density at radius 1 is 1.31 bits per heavy atom. The predicted octanol–water partition coefficient (Wildman–Crippen LogP) is 3.28.